The van der Waals surface area contributed by atoms with Crippen LogP contribution in [0.5, 0.6) is 0 Å². The Hall–Kier alpha value is -2.95. The van der Waals surface area contributed by atoms with Crippen LogP contribution in [0.2, 0.25) is 0 Å². The third-order valence-corrected chi connectivity index (χ3v) is 4.97. The van der Waals surface area contributed by atoms with Gasteiger partial charge in [0, 0.05) is 11.6 Å². The number of benzene rings is 2. The van der Waals surface area contributed by atoms with Crippen molar-refractivity contribution in [3.63, 3.8) is 0 Å². The second-order valence-electron chi connectivity index (χ2n) is 6.20. The molecule has 0 aliphatic carbocycles. The SMILES string of the molecule is CC(Sc1nnc(-c2ccccc2)n1-c1ccc(F)cc1F)C(=O)NCC(F)(F)F. The zero-order chi connectivity index (χ0) is 21.9. The van der Waals surface area contributed by atoms with Crippen LogP contribution in [-0.2, 0) is 4.79 Å². The van der Waals surface area contributed by atoms with Gasteiger partial charge in [0.15, 0.2) is 11.0 Å². The molecule has 1 unspecified atom stereocenters. The van der Waals surface area contributed by atoms with Gasteiger partial charge < -0.3 is 5.32 Å². The van der Waals surface area contributed by atoms with E-state index in [2.05, 4.69) is 10.2 Å². The lowest BCUT2D eigenvalue weighted by molar-refractivity contribution is -0.137. The summed E-state index contributed by atoms with van der Waals surface area (Å²) in [5, 5.41) is 8.89. The molecule has 0 fully saturated rings. The summed E-state index contributed by atoms with van der Waals surface area (Å²) in [5.41, 5.74) is 0.514. The first-order valence-corrected chi connectivity index (χ1v) is 9.51. The fourth-order valence-corrected chi connectivity index (χ4v) is 3.43. The van der Waals surface area contributed by atoms with Gasteiger partial charge in [-0.05, 0) is 19.1 Å². The highest BCUT2D eigenvalue weighted by atomic mass is 32.2. The predicted octanol–water partition coefficient (Wildman–Crippen LogP) is 4.37. The fourth-order valence-electron chi connectivity index (χ4n) is 2.54. The highest BCUT2D eigenvalue weighted by Gasteiger charge is 2.30. The van der Waals surface area contributed by atoms with E-state index in [0.29, 0.717) is 11.6 Å². The number of rotatable bonds is 6. The Labute approximate surface area is 172 Å². The Balaban J connectivity index is 1.97. The molecule has 2 aromatic carbocycles. The van der Waals surface area contributed by atoms with Crippen LogP contribution >= 0.6 is 11.8 Å². The summed E-state index contributed by atoms with van der Waals surface area (Å²) in [4.78, 5) is 12.0. The maximum Gasteiger partial charge on any atom is 0.405 e. The molecule has 1 aromatic heterocycles. The molecule has 3 aromatic rings. The number of carbonyl (C=O) groups is 1. The van der Waals surface area contributed by atoms with Crippen molar-refractivity contribution in [3.05, 3.63) is 60.2 Å². The quantitative estimate of drug-likeness (QED) is 0.455. The molecule has 30 heavy (non-hydrogen) atoms. The molecule has 3 rings (SSSR count). The van der Waals surface area contributed by atoms with Crippen LogP contribution < -0.4 is 5.32 Å². The van der Waals surface area contributed by atoms with E-state index < -0.39 is 35.5 Å². The van der Waals surface area contributed by atoms with E-state index in [-0.39, 0.29) is 16.7 Å². The summed E-state index contributed by atoms with van der Waals surface area (Å²) in [7, 11) is 0. The first-order chi connectivity index (χ1) is 14.2. The van der Waals surface area contributed by atoms with Gasteiger partial charge in [-0.1, -0.05) is 42.1 Å². The van der Waals surface area contributed by atoms with Crippen LogP contribution in [0.1, 0.15) is 6.92 Å². The fraction of sp³-hybridized carbons (Fsp3) is 0.211. The van der Waals surface area contributed by atoms with E-state index >= 15 is 0 Å². The van der Waals surface area contributed by atoms with Gasteiger partial charge in [-0.15, -0.1) is 10.2 Å². The highest BCUT2D eigenvalue weighted by molar-refractivity contribution is 8.00. The van der Waals surface area contributed by atoms with Crippen molar-refractivity contribution in [1.82, 2.24) is 20.1 Å². The number of halogens is 5. The predicted molar refractivity (Wildman–Crippen MR) is 101 cm³/mol. The average molecular weight is 442 g/mol. The number of carbonyl (C=O) groups excluding carboxylic acids is 1. The summed E-state index contributed by atoms with van der Waals surface area (Å²) >= 11 is 0.802. The van der Waals surface area contributed by atoms with Crippen molar-refractivity contribution in [3.8, 4) is 17.1 Å². The molecule has 11 heteroatoms. The van der Waals surface area contributed by atoms with Crippen LogP contribution in [0.15, 0.2) is 53.7 Å². The van der Waals surface area contributed by atoms with Gasteiger partial charge in [-0.25, -0.2) is 8.78 Å². The number of nitrogens with one attached hydrogen (secondary N) is 1. The first kappa shape index (κ1) is 21.8. The van der Waals surface area contributed by atoms with Gasteiger partial charge in [0.2, 0.25) is 5.91 Å². The van der Waals surface area contributed by atoms with E-state index in [4.69, 9.17) is 0 Å². The first-order valence-electron chi connectivity index (χ1n) is 8.63. The number of thioether (sulfide) groups is 1. The van der Waals surface area contributed by atoms with Gasteiger partial charge in [0.05, 0.1) is 10.9 Å². The van der Waals surface area contributed by atoms with Gasteiger partial charge in [0.25, 0.3) is 0 Å². The van der Waals surface area contributed by atoms with Crippen molar-refractivity contribution < 1.29 is 26.7 Å². The van der Waals surface area contributed by atoms with Crippen molar-refractivity contribution in [2.24, 2.45) is 0 Å². The summed E-state index contributed by atoms with van der Waals surface area (Å²) in [6.07, 6.45) is -4.54. The zero-order valence-electron chi connectivity index (χ0n) is 15.5. The van der Waals surface area contributed by atoms with E-state index in [1.165, 1.54) is 17.6 Å². The Kier molecular flexibility index (Phi) is 6.40. The van der Waals surface area contributed by atoms with Crippen LogP contribution in [0, 0.1) is 11.6 Å². The smallest absolute Gasteiger partial charge is 0.346 e. The van der Waals surface area contributed by atoms with Crippen LogP contribution in [0.4, 0.5) is 22.0 Å². The normalized spacial score (nSPS) is 12.6. The number of aromatic nitrogens is 3. The van der Waals surface area contributed by atoms with Crippen LogP contribution in [0.25, 0.3) is 17.1 Å². The monoisotopic (exact) mass is 442 g/mol. The lowest BCUT2D eigenvalue weighted by atomic mass is 10.2. The summed E-state index contributed by atoms with van der Waals surface area (Å²) < 4.78 is 66.2. The highest BCUT2D eigenvalue weighted by Crippen LogP contribution is 2.31. The molecule has 0 aliphatic heterocycles. The van der Waals surface area contributed by atoms with E-state index in [9.17, 15) is 26.7 Å². The van der Waals surface area contributed by atoms with Crippen molar-refractivity contribution in [1.29, 1.82) is 0 Å². The third kappa shape index (κ3) is 5.15. The number of amides is 1. The molecule has 5 nitrogen and oxygen atoms in total. The number of nitrogens with zero attached hydrogens (tertiary/aromatic N) is 3. The zero-order valence-corrected chi connectivity index (χ0v) is 16.3. The van der Waals surface area contributed by atoms with Crippen LogP contribution in [-0.4, -0.2) is 38.6 Å². The maximum atomic E-state index is 14.5. The second-order valence-corrected chi connectivity index (χ2v) is 7.50. The summed E-state index contributed by atoms with van der Waals surface area (Å²) in [6.45, 7) is -0.0795. The van der Waals surface area contributed by atoms with Gasteiger partial charge in [-0.2, -0.15) is 13.2 Å². The Morgan fingerprint density at radius 2 is 1.83 bits per heavy atom. The van der Waals surface area contributed by atoms with Gasteiger partial charge >= 0.3 is 6.18 Å². The number of hydrogen-bond donors (Lipinski definition) is 1. The molecule has 1 amide bonds. The summed E-state index contributed by atoms with van der Waals surface area (Å²) in [6, 6.07) is 11.6. The minimum absolute atomic E-state index is 0.0639. The molecule has 0 saturated carbocycles. The third-order valence-electron chi connectivity index (χ3n) is 3.93. The summed E-state index contributed by atoms with van der Waals surface area (Å²) in [5.74, 6) is -2.30. The topological polar surface area (TPSA) is 59.8 Å². The Morgan fingerprint density at radius 3 is 2.47 bits per heavy atom. The van der Waals surface area contributed by atoms with Crippen molar-refractivity contribution >= 4 is 17.7 Å². The number of hydrogen-bond acceptors (Lipinski definition) is 4. The maximum absolute atomic E-state index is 14.5. The lowest BCUT2D eigenvalue weighted by Crippen LogP contribution is -2.38. The molecule has 1 atom stereocenters. The number of alkyl halides is 3. The molecule has 0 saturated heterocycles. The van der Waals surface area contributed by atoms with E-state index in [0.717, 1.165) is 17.8 Å². The molecule has 0 bridgehead atoms. The minimum Gasteiger partial charge on any atom is -0.346 e. The van der Waals surface area contributed by atoms with E-state index in [1.807, 2.05) is 0 Å². The van der Waals surface area contributed by atoms with Gasteiger partial charge in [0.1, 0.15) is 18.2 Å². The molecule has 0 aliphatic rings. The second kappa shape index (κ2) is 8.82. The van der Waals surface area contributed by atoms with Crippen molar-refractivity contribution in [2.75, 3.05) is 6.54 Å². The molecular formula is C19H15F5N4OS. The molecular weight excluding hydrogens is 427 g/mol. The van der Waals surface area contributed by atoms with Gasteiger partial charge in [-0.3, -0.25) is 9.36 Å². The average Bonchev–Trinajstić information content (AvgIpc) is 3.09. The van der Waals surface area contributed by atoms with Crippen molar-refractivity contribution in [2.45, 2.75) is 23.5 Å². The molecule has 158 valence electrons. The van der Waals surface area contributed by atoms with E-state index in [1.54, 1.807) is 35.6 Å². The lowest BCUT2D eigenvalue weighted by Gasteiger charge is -2.15. The molecule has 0 radical (unpaired) electrons. The van der Waals surface area contributed by atoms with Crippen LogP contribution in [0.3, 0.4) is 0 Å². The largest absolute Gasteiger partial charge is 0.405 e. The minimum atomic E-state index is -4.54. The Morgan fingerprint density at radius 1 is 1.13 bits per heavy atom. The molecule has 0 spiro atoms. The molecule has 1 heterocycles. The standard InChI is InChI=1S/C19H15F5N4OS/c1-11(17(29)25-10-19(22,23)24)30-18-27-26-16(12-5-3-2-4-6-12)28(18)15-8-7-13(20)9-14(15)21/h2-9,11H,10H2,1H3,(H,25,29). The Bertz CT molecular complexity index is 1040. The molecule has 1 N–H and O–H groups in total.